The fraction of sp³-hybridized carbons (Fsp3) is 0.0513. The predicted molar refractivity (Wildman–Crippen MR) is 184 cm³/mol. The Morgan fingerprint density at radius 2 is 1.32 bits per heavy atom. The van der Waals surface area contributed by atoms with Crippen molar-refractivity contribution in [2.45, 2.75) is 13.1 Å². The molecule has 8 aromatic rings. The van der Waals surface area contributed by atoms with Crippen molar-refractivity contribution in [3.63, 3.8) is 0 Å². The summed E-state index contributed by atoms with van der Waals surface area (Å²) in [6, 6.07) is 46.8. The second-order valence-electron chi connectivity index (χ2n) is 12.0. The molecule has 210 valence electrons. The first kappa shape index (κ1) is 25.1. The molecular weight excluding hydrogens is 557 g/mol. The molecule has 0 atom stereocenters. The summed E-state index contributed by atoms with van der Waals surface area (Å²) in [6.07, 6.45) is 0. The summed E-state index contributed by atoms with van der Waals surface area (Å²) in [5.74, 6) is 0.628. The van der Waals surface area contributed by atoms with Crippen molar-refractivity contribution in [2.75, 3.05) is 4.90 Å². The number of anilines is 3. The number of fused-ring (bicyclic) bond motifs is 8. The van der Waals surface area contributed by atoms with Crippen LogP contribution in [0.1, 0.15) is 0 Å². The van der Waals surface area contributed by atoms with Crippen molar-refractivity contribution in [1.29, 1.82) is 0 Å². The van der Waals surface area contributed by atoms with Crippen LogP contribution < -0.4 is 15.3 Å². The Hall–Kier alpha value is -5.39. The summed E-state index contributed by atoms with van der Waals surface area (Å²) in [5, 5.41) is 5.19. The molecule has 0 aliphatic carbocycles. The minimum absolute atomic E-state index is 0.628. The average Bonchev–Trinajstić information content (AvgIpc) is 3.73. The summed E-state index contributed by atoms with van der Waals surface area (Å²) in [4.78, 5) is 7.11. The molecule has 44 heavy (non-hydrogen) atoms. The number of nitrogens with zero attached hydrogens (tertiary/aromatic N) is 2. The molecule has 0 saturated heterocycles. The summed E-state index contributed by atoms with van der Waals surface area (Å²) in [5.41, 5.74) is 10.5. The summed E-state index contributed by atoms with van der Waals surface area (Å²) < 4.78 is 12.7. The van der Waals surface area contributed by atoms with E-state index in [1.807, 2.05) is 30.3 Å². The van der Waals surface area contributed by atoms with Crippen molar-refractivity contribution >= 4 is 68.5 Å². The lowest BCUT2D eigenvalue weighted by Gasteiger charge is -2.31. The Morgan fingerprint density at radius 1 is 0.591 bits per heavy atom. The maximum atomic E-state index is 6.59. The van der Waals surface area contributed by atoms with Crippen LogP contribution in [0.25, 0.3) is 55.6 Å². The highest BCUT2D eigenvalue weighted by Gasteiger charge is 2.42. The number of rotatable bonds is 4. The second kappa shape index (κ2) is 9.30. The van der Waals surface area contributed by atoms with Crippen LogP contribution in [0, 0.1) is 0 Å². The van der Waals surface area contributed by atoms with Gasteiger partial charge in [-0.05, 0) is 76.6 Å². The minimum Gasteiger partial charge on any atom is -0.455 e. The lowest BCUT2D eigenvalue weighted by molar-refractivity contribution is 0.620. The van der Waals surface area contributed by atoms with Gasteiger partial charge in [-0.3, -0.25) is 0 Å². The Kier molecular flexibility index (Phi) is 5.31. The van der Waals surface area contributed by atoms with Gasteiger partial charge >= 0.3 is 0 Å². The van der Waals surface area contributed by atoms with Gasteiger partial charge in [-0.25, -0.2) is 4.98 Å². The van der Waals surface area contributed by atoms with E-state index in [4.69, 9.17) is 13.8 Å². The highest BCUT2D eigenvalue weighted by Crippen LogP contribution is 2.43. The monoisotopic (exact) mass is 584 g/mol. The van der Waals surface area contributed by atoms with Gasteiger partial charge < -0.3 is 13.7 Å². The molecule has 0 unspecified atom stereocenters. The minimum atomic E-state index is -2.13. The smallest absolute Gasteiger partial charge is 0.227 e. The molecule has 5 heteroatoms. The molecule has 0 saturated carbocycles. The van der Waals surface area contributed by atoms with E-state index in [1.165, 1.54) is 38.0 Å². The topological polar surface area (TPSA) is 42.4 Å². The SMILES string of the molecule is C[Si]1(C)c2ccc3c(oc4ccccc43)c2-c2cccc(N(c3ccccc3)c3ccc(-c4nc5ccccc5o4)cc3)c21. The van der Waals surface area contributed by atoms with Crippen molar-refractivity contribution in [2.24, 2.45) is 0 Å². The standard InChI is InChI=1S/C39H28N2O2Si/c1-44(2)35-24-23-29-28-13-6-8-17-33(28)42-37(29)36(35)30-14-10-16-32(38(30)44)41(26-11-4-3-5-12-26)27-21-19-25(20-22-27)39-40-31-15-7-9-18-34(31)43-39/h3-24H,1-2H3. The summed E-state index contributed by atoms with van der Waals surface area (Å²) in [7, 11) is -2.13. The Bertz CT molecular complexity index is 2340. The molecule has 0 amide bonds. The van der Waals surface area contributed by atoms with Gasteiger partial charge in [-0.1, -0.05) is 85.9 Å². The summed E-state index contributed by atoms with van der Waals surface area (Å²) in [6.45, 7) is 4.93. The molecule has 0 radical (unpaired) electrons. The van der Waals surface area contributed by atoms with Gasteiger partial charge in [0.25, 0.3) is 0 Å². The van der Waals surface area contributed by atoms with Crippen LogP contribution in [0.5, 0.6) is 0 Å². The number of furan rings is 1. The van der Waals surface area contributed by atoms with Gasteiger partial charge in [-0.15, -0.1) is 0 Å². The van der Waals surface area contributed by atoms with Crippen molar-refractivity contribution < 1.29 is 8.83 Å². The zero-order chi connectivity index (χ0) is 29.4. The van der Waals surface area contributed by atoms with E-state index < -0.39 is 8.07 Å². The Balaban J connectivity index is 1.23. The molecule has 9 rings (SSSR count). The fourth-order valence-electron chi connectivity index (χ4n) is 7.06. The third-order valence-electron chi connectivity index (χ3n) is 9.08. The summed E-state index contributed by atoms with van der Waals surface area (Å²) >= 11 is 0. The van der Waals surface area contributed by atoms with E-state index in [0.717, 1.165) is 39.2 Å². The van der Waals surface area contributed by atoms with Crippen LogP contribution in [0.2, 0.25) is 13.1 Å². The third-order valence-corrected chi connectivity index (χ3v) is 12.6. The first-order chi connectivity index (χ1) is 21.6. The van der Waals surface area contributed by atoms with Gasteiger partial charge in [0.1, 0.15) is 24.8 Å². The molecule has 0 N–H and O–H groups in total. The van der Waals surface area contributed by atoms with Gasteiger partial charge in [0, 0.05) is 39.0 Å². The third kappa shape index (κ3) is 3.60. The lowest BCUT2D eigenvalue weighted by Crippen LogP contribution is -2.50. The van der Waals surface area contributed by atoms with Gasteiger partial charge in [0.15, 0.2) is 5.58 Å². The number of benzene rings is 6. The number of para-hydroxylation sites is 4. The van der Waals surface area contributed by atoms with E-state index in [1.54, 1.807) is 0 Å². The number of aromatic nitrogens is 1. The first-order valence-corrected chi connectivity index (χ1v) is 18.0. The van der Waals surface area contributed by atoms with E-state index >= 15 is 0 Å². The van der Waals surface area contributed by atoms with Crippen LogP contribution in [0.4, 0.5) is 17.1 Å². The van der Waals surface area contributed by atoms with Crippen LogP contribution in [0.15, 0.2) is 142 Å². The molecule has 4 nitrogen and oxygen atoms in total. The maximum Gasteiger partial charge on any atom is 0.227 e. The van der Waals surface area contributed by atoms with Crippen molar-refractivity contribution in [3.05, 3.63) is 133 Å². The normalized spacial score (nSPS) is 13.4. The van der Waals surface area contributed by atoms with Gasteiger partial charge in [-0.2, -0.15) is 0 Å². The molecule has 2 aromatic heterocycles. The highest BCUT2D eigenvalue weighted by atomic mass is 28.3. The van der Waals surface area contributed by atoms with Crippen LogP contribution >= 0.6 is 0 Å². The van der Waals surface area contributed by atoms with Gasteiger partial charge in [0.2, 0.25) is 5.89 Å². The number of oxazole rings is 1. The van der Waals surface area contributed by atoms with Crippen LogP contribution in [0.3, 0.4) is 0 Å². The average molecular weight is 585 g/mol. The Morgan fingerprint density at radius 3 is 2.14 bits per heavy atom. The van der Waals surface area contributed by atoms with E-state index in [-0.39, 0.29) is 0 Å². The van der Waals surface area contributed by atoms with Crippen LogP contribution in [-0.2, 0) is 0 Å². The Labute approximate surface area is 255 Å². The zero-order valence-corrected chi connectivity index (χ0v) is 25.4. The van der Waals surface area contributed by atoms with Crippen molar-refractivity contribution in [3.8, 4) is 22.6 Å². The molecule has 0 fully saturated rings. The maximum absolute atomic E-state index is 6.59. The molecule has 3 heterocycles. The fourth-order valence-corrected chi connectivity index (χ4v) is 10.4. The second-order valence-corrected chi connectivity index (χ2v) is 16.3. The van der Waals surface area contributed by atoms with Crippen LogP contribution in [-0.4, -0.2) is 13.1 Å². The predicted octanol–water partition coefficient (Wildman–Crippen LogP) is 9.67. The molecular formula is C39H28N2O2Si. The van der Waals surface area contributed by atoms with E-state index in [9.17, 15) is 0 Å². The molecule has 0 bridgehead atoms. The largest absolute Gasteiger partial charge is 0.455 e. The molecule has 6 aromatic carbocycles. The number of hydrogen-bond donors (Lipinski definition) is 0. The first-order valence-electron chi connectivity index (χ1n) is 15.0. The van der Waals surface area contributed by atoms with E-state index in [0.29, 0.717) is 5.89 Å². The van der Waals surface area contributed by atoms with E-state index in [2.05, 4.69) is 121 Å². The zero-order valence-electron chi connectivity index (χ0n) is 24.4. The lowest BCUT2D eigenvalue weighted by atomic mass is 10.0. The van der Waals surface area contributed by atoms with Crippen molar-refractivity contribution in [1.82, 2.24) is 4.98 Å². The highest BCUT2D eigenvalue weighted by molar-refractivity contribution is 7.05. The molecule has 1 aliphatic heterocycles. The molecule has 0 spiro atoms. The van der Waals surface area contributed by atoms with Gasteiger partial charge in [0.05, 0.1) is 0 Å². The number of hydrogen-bond acceptors (Lipinski definition) is 4. The quantitative estimate of drug-likeness (QED) is 0.193. The molecule has 1 aliphatic rings.